The number of aliphatic hydroxyl groups excluding tert-OH is 10. The van der Waals surface area contributed by atoms with Gasteiger partial charge in [-0.05, 0) is 102 Å². The van der Waals surface area contributed by atoms with E-state index in [1.54, 1.807) is 0 Å². The normalized spacial score (nSPS) is 25.3. The average molecular weight is 1830 g/mol. The Balaban J connectivity index is 1.23. The number of carbonyl (C=O) groups is 9. The third-order valence-electron chi connectivity index (χ3n) is 21.4. The van der Waals surface area contributed by atoms with Gasteiger partial charge in [-0.2, -0.15) is 0 Å². The van der Waals surface area contributed by atoms with Crippen LogP contribution in [0.5, 0.6) is 0 Å². The molecule has 18 N–H and O–H groups in total. The molecule has 0 aromatic rings. The molecule has 3 heterocycles. The van der Waals surface area contributed by atoms with E-state index in [0.29, 0.717) is 129 Å². The zero-order valence-electron chi connectivity index (χ0n) is 72.8. The molecule has 0 aromatic heterocycles. The lowest BCUT2D eigenvalue weighted by molar-refractivity contribution is -0.270. The predicted octanol–water partition coefficient (Wildman–Crippen LogP) is -1.08. The summed E-state index contributed by atoms with van der Waals surface area (Å²) < 4.78 is 87.8. The number of rotatable bonds is 67. The Morgan fingerprint density at radius 2 is 0.653 bits per heavy atom. The Kier molecular flexibility index (Phi) is 55.0. The zero-order chi connectivity index (χ0) is 91.6. The number of phosphoric acid groups is 2. The van der Waals surface area contributed by atoms with Gasteiger partial charge >= 0.3 is 15.6 Å². The summed E-state index contributed by atoms with van der Waals surface area (Å²) in [5.41, 5.74) is 0.0999. The van der Waals surface area contributed by atoms with Crippen LogP contribution in [0.4, 0.5) is 0 Å². The predicted molar refractivity (Wildman–Crippen MR) is 441 cm³/mol. The van der Waals surface area contributed by atoms with Crippen LogP contribution in [0.3, 0.4) is 0 Å². The Labute approximate surface area is 726 Å². The van der Waals surface area contributed by atoms with Crippen molar-refractivity contribution in [2.75, 3.05) is 138 Å². The van der Waals surface area contributed by atoms with E-state index in [1.807, 2.05) is 0 Å². The van der Waals surface area contributed by atoms with Crippen LogP contribution in [-0.2, 0) is 104 Å². The van der Waals surface area contributed by atoms with Crippen molar-refractivity contribution in [2.24, 2.45) is 5.41 Å². The van der Waals surface area contributed by atoms with Crippen molar-refractivity contribution in [3.8, 4) is 0 Å². The summed E-state index contributed by atoms with van der Waals surface area (Å²) in [5, 5.41) is 117. The second-order valence-electron chi connectivity index (χ2n) is 32.4. The van der Waals surface area contributed by atoms with Crippen LogP contribution >= 0.6 is 15.6 Å². The van der Waals surface area contributed by atoms with E-state index in [-0.39, 0.29) is 152 Å². The maximum Gasteiger partial charge on any atom is 0.472 e. The molecule has 0 radical (unpaired) electrons. The Morgan fingerprint density at radius 1 is 0.371 bits per heavy atom. The molecule has 1 saturated carbocycles. The summed E-state index contributed by atoms with van der Waals surface area (Å²) in [6, 6.07) is -3.21. The lowest BCUT2D eigenvalue weighted by Crippen LogP contribution is -2.64. The van der Waals surface area contributed by atoms with Gasteiger partial charge in [0.2, 0.25) is 53.2 Å². The number of hydrogen-bond donors (Lipinski definition) is 18. The summed E-state index contributed by atoms with van der Waals surface area (Å²) in [5.74, 6) is -3.14. The topological polar surface area (TPSA) is 614 Å². The maximum absolute atomic E-state index is 13.8. The Hall–Kier alpha value is -5.23. The first kappa shape index (κ1) is 111. The van der Waals surface area contributed by atoms with Gasteiger partial charge in [-0.1, -0.05) is 52.4 Å². The molecule has 45 heteroatoms. The van der Waals surface area contributed by atoms with Gasteiger partial charge in [0.1, 0.15) is 73.1 Å². The van der Waals surface area contributed by atoms with Gasteiger partial charge in [0.15, 0.2) is 18.9 Å². The van der Waals surface area contributed by atoms with Crippen molar-refractivity contribution in [1.29, 1.82) is 0 Å². The number of ether oxygens (including phenoxy) is 7. The molecule has 0 aromatic carbocycles. The van der Waals surface area contributed by atoms with E-state index in [1.165, 1.54) is 35.5 Å². The van der Waals surface area contributed by atoms with Crippen molar-refractivity contribution < 1.29 is 164 Å². The molecule has 0 bridgehead atoms. The lowest BCUT2D eigenvalue weighted by Gasteiger charge is -2.42. The largest absolute Gasteiger partial charge is 0.472 e. The monoisotopic (exact) mass is 1830 g/mol. The summed E-state index contributed by atoms with van der Waals surface area (Å²) in [6.07, 6.45) is -2.73. The van der Waals surface area contributed by atoms with Gasteiger partial charge in [-0.25, -0.2) is 9.13 Å². The van der Waals surface area contributed by atoms with Crippen LogP contribution in [-0.4, -0.2) is 365 Å². The highest BCUT2D eigenvalue weighted by atomic mass is 31.2. The molecule has 4 rings (SSSR count). The van der Waals surface area contributed by atoms with Crippen LogP contribution < -0.4 is 31.9 Å². The summed E-state index contributed by atoms with van der Waals surface area (Å²) in [6.45, 7) is 4.43. The molecule has 1 aliphatic carbocycles. The molecule has 43 nitrogen and oxygen atoms in total. The standard InChI is InChI=1S/C79H145N9O34P2/c1-54(93)83-67-73(105)70(102)58(51-90)120-76(67)113-42-21-9-12-24-61(96)80-32-18-6-15-27-64(99)86(35-41-89)37-46-116-123(108,109)118-48-39-88(66(101)29-17-8-20-34-82-63(98)26-14-11-23-44-115-78-69(85-56(3)95)75(107)72(104)60(53-92)122-78)40-49-119-124(110,111)117-47-38-87(36-45-112-57-30-31-79(4,5)50-57)65(100)28-16-7-19-33-81-62(97)25-13-10-22-43-114-77-68(84-55(2)94)74(106)71(103)59(52-91)121-77/h57-60,67-78,89-92,102-107H,6-53H2,1-5H3,(H,80,96)(H,81,97)(H,82,98)(H,83,93)(H,84,94)(H,85,95)(H,108,109)(H,110,111). The average Bonchev–Trinajstić information content (AvgIpc) is 1.56. The molecule has 0 spiro atoms. The minimum Gasteiger partial charge on any atom is -0.395 e. The number of aliphatic hydroxyl groups is 10. The number of amides is 9. The first-order valence-corrected chi connectivity index (χ1v) is 46.7. The van der Waals surface area contributed by atoms with Gasteiger partial charge in [-0.3, -0.25) is 61.2 Å². The number of hydrogen-bond acceptors (Lipinski definition) is 32. The first-order chi connectivity index (χ1) is 59.0. The molecule has 18 atom stereocenters. The summed E-state index contributed by atoms with van der Waals surface area (Å²) in [4.78, 5) is 139. The Bertz CT molecular complexity index is 3200. The van der Waals surface area contributed by atoms with E-state index in [2.05, 4.69) is 45.7 Å². The van der Waals surface area contributed by atoms with Crippen LogP contribution in [0, 0.1) is 5.41 Å². The molecular formula is C79H145N9O34P2. The highest BCUT2D eigenvalue weighted by Gasteiger charge is 2.48. The molecule has 124 heavy (non-hydrogen) atoms. The highest BCUT2D eigenvalue weighted by Crippen LogP contribution is 2.44. The molecule has 3 aliphatic heterocycles. The minimum atomic E-state index is -4.86. The quantitative estimate of drug-likeness (QED) is 0.0254. The zero-order valence-corrected chi connectivity index (χ0v) is 74.6. The Morgan fingerprint density at radius 3 is 0.927 bits per heavy atom. The van der Waals surface area contributed by atoms with E-state index >= 15 is 0 Å². The number of nitrogens with one attached hydrogen (secondary N) is 6. The SMILES string of the molecule is CC(=O)NC1C(OCCCCCC(=O)NCCCCCC(=O)N(CCO)CCOP(=O)(O)OCCN(CCOP(=O)(O)OCCN(CCOC2CCC(C)(C)C2)C(=O)CCCCCNC(=O)CCCCCOC2OC(CO)C(O)C(O)C2NC(C)=O)C(=O)CCCCCNC(=O)CCCCCOC2OC(CO)C(O)C(O)C2NC(C)=O)OC(CO)C(O)C1O. The van der Waals surface area contributed by atoms with Crippen molar-refractivity contribution in [1.82, 2.24) is 46.6 Å². The van der Waals surface area contributed by atoms with E-state index < -0.39 is 184 Å². The second kappa shape index (κ2) is 61.4. The van der Waals surface area contributed by atoms with Gasteiger partial charge in [0, 0.05) is 138 Å². The van der Waals surface area contributed by atoms with Gasteiger partial charge in [-0.15, -0.1) is 0 Å². The van der Waals surface area contributed by atoms with Crippen LogP contribution in [0.25, 0.3) is 0 Å². The minimum absolute atomic E-state index is 0.00658. The molecule has 720 valence electrons. The van der Waals surface area contributed by atoms with Crippen LogP contribution in [0.1, 0.15) is 208 Å². The molecule has 18 unspecified atom stereocenters. The second-order valence-corrected chi connectivity index (χ2v) is 35.3. The third kappa shape index (κ3) is 44.9. The van der Waals surface area contributed by atoms with E-state index in [9.17, 15) is 113 Å². The fraction of sp³-hybridized carbons (Fsp3) is 0.886. The van der Waals surface area contributed by atoms with E-state index in [0.717, 1.165) is 19.3 Å². The number of phosphoric ester groups is 2. The lowest BCUT2D eigenvalue weighted by atomic mass is 9.92. The van der Waals surface area contributed by atoms with Gasteiger partial charge < -0.3 is 141 Å². The number of nitrogens with zero attached hydrogens (tertiary/aromatic N) is 3. The highest BCUT2D eigenvalue weighted by molar-refractivity contribution is 7.47. The number of unbranched alkanes of at least 4 members (excludes halogenated alkanes) is 12. The fourth-order valence-electron chi connectivity index (χ4n) is 14.5. The summed E-state index contributed by atoms with van der Waals surface area (Å²) >= 11 is 0. The van der Waals surface area contributed by atoms with Gasteiger partial charge in [0.25, 0.3) is 0 Å². The van der Waals surface area contributed by atoms with E-state index in [4.69, 9.17) is 51.3 Å². The van der Waals surface area contributed by atoms with Crippen molar-refractivity contribution in [3.63, 3.8) is 0 Å². The smallest absolute Gasteiger partial charge is 0.395 e. The fourth-order valence-corrected chi connectivity index (χ4v) is 15.9. The summed E-state index contributed by atoms with van der Waals surface area (Å²) in [7, 11) is -9.73. The molecule has 4 aliphatic rings. The maximum atomic E-state index is 13.8. The molecule has 3 saturated heterocycles. The van der Waals surface area contributed by atoms with Crippen LogP contribution in [0.15, 0.2) is 0 Å². The van der Waals surface area contributed by atoms with Crippen LogP contribution in [0.2, 0.25) is 0 Å². The molecule has 9 amide bonds. The molecule has 4 fully saturated rings. The van der Waals surface area contributed by atoms with Crippen molar-refractivity contribution in [2.45, 2.75) is 306 Å². The first-order valence-electron chi connectivity index (χ1n) is 43.7. The van der Waals surface area contributed by atoms with Crippen molar-refractivity contribution in [3.05, 3.63) is 0 Å². The molecular weight excluding hydrogens is 1680 g/mol. The number of carbonyl (C=O) groups excluding carboxylic acids is 9. The van der Waals surface area contributed by atoms with Gasteiger partial charge in [0.05, 0.1) is 65.6 Å². The van der Waals surface area contributed by atoms with Crippen molar-refractivity contribution >= 4 is 68.8 Å². The third-order valence-corrected chi connectivity index (χ3v) is 23.5.